The highest BCUT2D eigenvalue weighted by Gasteiger charge is 2.04. The van der Waals surface area contributed by atoms with E-state index in [9.17, 15) is 4.79 Å². The zero-order valence-corrected chi connectivity index (χ0v) is 14.1. The third-order valence-electron chi connectivity index (χ3n) is 2.94. The second-order valence-corrected chi connectivity index (χ2v) is 6.07. The third kappa shape index (κ3) is 4.45. The summed E-state index contributed by atoms with van der Waals surface area (Å²) in [6.45, 7) is 3.85. The molecule has 0 bridgehead atoms. The predicted octanol–water partition coefficient (Wildman–Crippen LogP) is 5.61. The molecule has 0 unspecified atom stereocenters. The van der Waals surface area contributed by atoms with Crippen LogP contribution in [-0.2, 0) is 0 Å². The van der Waals surface area contributed by atoms with Crippen molar-refractivity contribution >= 4 is 39.0 Å². The van der Waals surface area contributed by atoms with Gasteiger partial charge in [0.25, 0.3) is 0 Å². The van der Waals surface area contributed by atoms with Crippen molar-refractivity contribution in [1.29, 1.82) is 0 Å². The van der Waals surface area contributed by atoms with E-state index >= 15 is 0 Å². The smallest absolute Gasteiger partial charge is 0.187 e. The number of rotatable bonds is 4. The molecule has 21 heavy (non-hydrogen) atoms. The van der Waals surface area contributed by atoms with Gasteiger partial charge in [0.15, 0.2) is 5.78 Å². The lowest BCUT2D eigenvalue weighted by Crippen LogP contribution is -2.01. The van der Waals surface area contributed by atoms with Gasteiger partial charge >= 0.3 is 0 Å². The topological polar surface area (TPSA) is 29.1 Å². The lowest BCUT2D eigenvalue weighted by atomic mass is 10.1. The van der Waals surface area contributed by atoms with E-state index in [1.807, 2.05) is 50.2 Å². The number of aryl methyl sites for hydroxylation is 1. The zero-order valence-electron chi connectivity index (χ0n) is 11.8. The lowest BCUT2D eigenvalue weighted by molar-refractivity contribution is 0.104. The minimum Gasteiger partial charge on any atom is -0.359 e. The Labute approximate surface area is 138 Å². The quantitative estimate of drug-likeness (QED) is 0.564. The molecule has 0 aromatic heterocycles. The first kappa shape index (κ1) is 15.8. The molecular weight excluding hydrogens is 350 g/mol. The van der Waals surface area contributed by atoms with Crippen molar-refractivity contribution in [3.63, 3.8) is 0 Å². The fourth-order valence-electron chi connectivity index (χ4n) is 1.84. The van der Waals surface area contributed by atoms with E-state index in [0.717, 1.165) is 21.4 Å². The molecule has 0 atom stereocenters. The summed E-state index contributed by atoms with van der Waals surface area (Å²) in [5.74, 6) is -0.0203. The summed E-state index contributed by atoms with van der Waals surface area (Å²) in [7, 11) is 0. The van der Waals surface area contributed by atoms with Gasteiger partial charge in [-0.3, -0.25) is 4.79 Å². The van der Waals surface area contributed by atoms with Gasteiger partial charge in [0, 0.05) is 27.5 Å². The fourth-order valence-corrected chi connectivity index (χ4v) is 2.33. The van der Waals surface area contributed by atoms with E-state index in [4.69, 9.17) is 11.6 Å². The molecule has 0 heterocycles. The predicted molar refractivity (Wildman–Crippen MR) is 92.0 cm³/mol. The second-order valence-electron chi connectivity index (χ2n) is 4.81. The van der Waals surface area contributed by atoms with Crippen LogP contribution in [-0.4, -0.2) is 5.78 Å². The van der Waals surface area contributed by atoms with Crippen molar-refractivity contribution in [1.82, 2.24) is 0 Å². The minimum absolute atomic E-state index is 0.0203. The summed E-state index contributed by atoms with van der Waals surface area (Å²) in [4.78, 5) is 12.1. The van der Waals surface area contributed by atoms with E-state index in [0.29, 0.717) is 10.6 Å². The van der Waals surface area contributed by atoms with E-state index in [-0.39, 0.29) is 5.78 Å². The Morgan fingerprint density at radius 2 is 1.86 bits per heavy atom. The summed E-state index contributed by atoms with van der Waals surface area (Å²) in [5, 5.41) is 3.82. The Kier molecular flexibility index (Phi) is 5.21. The Balaban J connectivity index is 2.11. The van der Waals surface area contributed by atoms with Crippen molar-refractivity contribution < 1.29 is 4.79 Å². The zero-order chi connectivity index (χ0) is 15.4. The first-order chi connectivity index (χ1) is 9.95. The molecule has 2 nitrogen and oxygen atoms in total. The van der Waals surface area contributed by atoms with E-state index < -0.39 is 0 Å². The Bertz CT molecular complexity index is 692. The van der Waals surface area contributed by atoms with E-state index in [2.05, 4.69) is 21.2 Å². The van der Waals surface area contributed by atoms with Gasteiger partial charge in [-0.15, -0.1) is 0 Å². The highest BCUT2D eigenvalue weighted by Crippen LogP contribution is 2.26. The number of benzene rings is 2. The maximum atomic E-state index is 12.1. The number of anilines is 1. The number of hydrogen-bond acceptors (Lipinski definition) is 2. The van der Waals surface area contributed by atoms with Crippen LogP contribution in [0.1, 0.15) is 22.8 Å². The normalized spacial score (nSPS) is 11.3. The number of nitrogens with one attached hydrogen (secondary N) is 1. The molecule has 0 amide bonds. The first-order valence-electron chi connectivity index (χ1n) is 6.47. The number of carbonyl (C=O) groups excluding carboxylic acids is 1. The van der Waals surface area contributed by atoms with Gasteiger partial charge < -0.3 is 5.32 Å². The van der Waals surface area contributed by atoms with Crippen LogP contribution in [0.5, 0.6) is 0 Å². The molecule has 2 aromatic carbocycles. The summed E-state index contributed by atoms with van der Waals surface area (Å²) >= 11 is 9.32. The van der Waals surface area contributed by atoms with Crippen LogP contribution in [0.25, 0.3) is 0 Å². The molecule has 4 heteroatoms. The molecule has 108 valence electrons. The maximum absolute atomic E-state index is 12.1. The number of ketones is 1. The second kappa shape index (κ2) is 6.92. The molecule has 0 fully saturated rings. The molecule has 2 aromatic rings. The molecule has 1 N–H and O–H groups in total. The van der Waals surface area contributed by atoms with Crippen molar-refractivity contribution in [2.75, 3.05) is 5.32 Å². The van der Waals surface area contributed by atoms with Crippen LogP contribution >= 0.6 is 27.5 Å². The molecule has 0 aliphatic heterocycles. The van der Waals surface area contributed by atoms with Crippen molar-refractivity contribution in [2.45, 2.75) is 13.8 Å². The molecule has 0 aliphatic rings. The van der Waals surface area contributed by atoms with Gasteiger partial charge in [-0.05, 0) is 48.0 Å². The number of hydrogen-bond donors (Lipinski definition) is 1. The molecule has 0 saturated heterocycles. The van der Waals surface area contributed by atoms with Crippen LogP contribution < -0.4 is 5.32 Å². The van der Waals surface area contributed by atoms with Crippen LogP contribution in [0.3, 0.4) is 0 Å². The summed E-state index contributed by atoms with van der Waals surface area (Å²) < 4.78 is 0.812. The van der Waals surface area contributed by atoms with E-state index in [1.165, 1.54) is 0 Å². The first-order valence-corrected chi connectivity index (χ1v) is 7.64. The van der Waals surface area contributed by atoms with E-state index in [1.54, 1.807) is 12.1 Å². The molecule has 0 aliphatic carbocycles. The monoisotopic (exact) mass is 363 g/mol. The summed E-state index contributed by atoms with van der Waals surface area (Å²) in [6.07, 6.45) is 1.59. The number of allylic oxidation sites excluding steroid dienone is 2. The largest absolute Gasteiger partial charge is 0.359 e. The van der Waals surface area contributed by atoms with Crippen LogP contribution in [0, 0.1) is 6.92 Å². The third-order valence-corrected chi connectivity index (χ3v) is 4.16. The van der Waals surface area contributed by atoms with Crippen LogP contribution in [0.2, 0.25) is 5.02 Å². The SMILES string of the molecule is C/C(=C\C(=O)c1ccc(C)cc1)Nc1ccc(Cl)c(Br)c1. The summed E-state index contributed by atoms with van der Waals surface area (Å²) in [6, 6.07) is 13.1. The van der Waals surface area contributed by atoms with Gasteiger partial charge in [0.2, 0.25) is 0 Å². The molecular formula is C17H15BrClNO. The van der Waals surface area contributed by atoms with Gasteiger partial charge in [-0.1, -0.05) is 41.4 Å². The minimum atomic E-state index is -0.0203. The lowest BCUT2D eigenvalue weighted by Gasteiger charge is -2.08. The standard InChI is InChI=1S/C17H15BrClNO/c1-11-3-5-13(6-4-11)17(21)9-12(2)20-14-7-8-16(19)15(18)10-14/h3-10,20H,1-2H3/b12-9+. The van der Waals surface area contributed by atoms with Gasteiger partial charge in [0.1, 0.15) is 0 Å². The average molecular weight is 365 g/mol. The highest BCUT2D eigenvalue weighted by molar-refractivity contribution is 9.10. The molecule has 0 saturated carbocycles. The van der Waals surface area contributed by atoms with Crippen molar-refractivity contribution in [3.8, 4) is 0 Å². The highest BCUT2D eigenvalue weighted by atomic mass is 79.9. The van der Waals surface area contributed by atoms with Crippen LogP contribution in [0.15, 0.2) is 58.7 Å². The average Bonchev–Trinajstić information content (AvgIpc) is 2.43. The Morgan fingerprint density at radius 1 is 1.19 bits per heavy atom. The van der Waals surface area contributed by atoms with Crippen molar-refractivity contribution in [2.24, 2.45) is 0 Å². The van der Waals surface area contributed by atoms with Gasteiger partial charge in [-0.2, -0.15) is 0 Å². The molecule has 2 rings (SSSR count). The summed E-state index contributed by atoms with van der Waals surface area (Å²) in [5.41, 5.74) is 3.46. The molecule has 0 spiro atoms. The molecule has 0 radical (unpaired) electrons. The van der Waals surface area contributed by atoms with Crippen molar-refractivity contribution in [3.05, 3.63) is 74.9 Å². The fraction of sp³-hybridized carbons (Fsp3) is 0.118. The van der Waals surface area contributed by atoms with Gasteiger partial charge in [0.05, 0.1) is 5.02 Å². The Morgan fingerprint density at radius 3 is 2.48 bits per heavy atom. The Hall–Kier alpha value is -1.58. The number of carbonyl (C=O) groups is 1. The number of halogens is 2. The van der Waals surface area contributed by atoms with Gasteiger partial charge in [-0.25, -0.2) is 0 Å². The maximum Gasteiger partial charge on any atom is 0.187 e. The van der Waals surface area contributed by atoms with Crippen LogP contribution in [0.4, 0.5) is 5.69 Å².